The van der Waals surface area contributed by atoms with Crippen LogP contribution in [0.2, 0.25) is 0 Å². The SMILES string of the molecule is c1ccc(Nc2ccc3c(c2)C(c2ccccc2)c2ccccc2-3)cc1. The number of hydrogen-bond donors (Lipinski definition) is 1. The van der Waals surface area contributed by atoms with Crippen molar-refractivity contribution in [1.82, 2.24) is 0 Å². The first-order valence-corrected chi connectivity index (χ1v) is 9.00. The Morgan fingerprint density at radius 3 is 1.96 bits per heavy atom. The molecule has 1 nitrogen and oxygen atoms in total. The quantitative estimate of drug-likeness (QED) is 0.393. The van der Waals surface area contributed by atoms with E-state index in [0.29, 0.717) is 5.92 Å². The largest absolute Gasteiger partial charge is 0.356 e. The summed E-state index contributed by atoms with van der Waals surface area (Å²) < 4.78 is 0. The Morgan fingerprint density at radius 1 is 0.500 bits per heavy atom. The van der Waals surface area contributed by atoms with Crippen molar-refractivity contribution in [1.29, 1.82) is 0 Å². The van der Waals surface area contributed by atoms with E-state index >= 15 is 0 Å². The van der Waals surface area contributed by atoms with Crippen LogP contribution in [-0.2, 0) is 0 Å². The van der Waals surface area contributed by atoms with E-state index in [9.17, 15) is 0 Å². The molecule has 5 rings (SSSR count). The van der Waals surface area contributed by atoms with Gasteiger partial charge in [-0.3, -0.25) is 0 Å². The lowest BCUT2D eigenvalue weighted by molar-refractivity contribution is 1.02. The number of nitrogens with one attached hydrogen (secondary N) is 1. The molecule has 0 heterocycles. The Bertz CT molecular complexity index is 1050. The summed E-state index contributed by atoms with van der Waals surface area (Å²) in [5.41, 5.74) is 9.04. The smallest absolute Gasteiger partial charge is 0.0387 e. The topological polar surface area (TPSA) is 12.0 Å². The first-order valence-electron chi connectivity index (χ1n) is 9.00. The molecule has 0 radical (unpaired) electrons. The van der Waals surface area contributed by atoms with Crippen molar-refractivity contribution >= 4 is 11.4 Å². The van der Waals surface area contributed by atoms with Crippen LogP contribution in [0.3, 0.4) is 0 Å². The van der Waals surface area contributed by atoms with E-state index in [1.165, 1.54) is 27.8 Å². The van der Waals surface area contributed by atoms with Gasteiger partial charge >= 0.3 is 0 Å². The summed E-state index contributed by atoms with van der Waals surface area (Å²) in [6.07, 6.45) is 0. The molecule has 1 N–H and O–H groups in total. The summed E-state index contributed by atoms with van der Waals surface area (Å²) in [5.74, 6) is 0.292. The van der Waals surface area contributed by atoms with Gasteiger partial charge in [-0.1, -0.05) is 78.9 Å². The molecule has 0 aliphatic heterocycles. The van der Waals surface area contributed by atoms with Gasteiger partial charge in [0.2, 0.25) is 0 Å². The van der Waals surface area contributed by atoms with Crippen molar-refractivity contribution in [3.05, 3.63) is 120 Å². The predicted molar refractivity (Wildman–Crippen MR) is 109 cm³/mol. The van der Waals surface area contributed by atoms with Crippen LogP contribution in [-0.4, -0.2) is 0 Å². The Kier molecular flexibility index (Phi) is 3.57. The van der Waals surface area contributed by atoms with E-state index < -0.39 is 0 Å². The molecule has 0 saturated carbocycles. The normalized spacial score (nSPS) is 14.5. The minimum Gasteiger partial charge on any atom is -0.356 e. The fourth-order valence-corrected chi connectivity index (χ4v) is 3.98. The first kappa shape index (κ1) is 15.0. The second kappa shape index (κ2) is 6.20. The molecule has 0 fully saturated rings. The van der Waals surface area contributed by atoms with E-state index in [-0.39, 0.29) is 0 Å². The molecular formula is C25H19N. The van der Waals surface area contributed by atoms with Gasteiger partial charge in [-0.25, -0.2) is 0 Å². The lowest BCUT2D eigenvalue weighted by Gasteiger charge is -2.15. The van der Waals surface area contributed by atoms with Gasteiger partial charge in [0.15, 0.2) is 0 Å². The molecule has 124 valence electrons. The van der Waals surface area contributed by atoms with Crippen molar-refractivity contribution in [2.75, 3.05) is 5.32 Å². The van der Waals surface area contributed by atoms with Crippen molar-refractivity contribution in [2.24, 2.45) is 0 Å². The summed E-state index contributed by atoms with van der Waals surface area (Å²) in [6, 6.07) is 36.6. The van der Waals surface area contributed by atoms with E-state index in [2.05, 4.69) is 102 Å². The number of para-hydroxylation sites is 1. The molecular weight excluding hydrogens is 314 g/mol. The molecule has 4 aromatic rings. The van der Waals surface area contributed by atoms with Crippen LogP contribution < -0.4 is 5.32 Å². The molecule has 4 aromatic carbocycles. The fraction of sp³-hybridized carbons (Fsp3) is 0.0400. The Hall–Kier alpha value is -3.32. The number of anilines is 2. The number of benzene rings is 4. The van der Waals surface area contributed by atoms with Crippen molar-refractivity contribution in [3.63, 3.8) is 0 Å². The molecule has 0 amide bonds. The maximum Gasteiger partial charge on any atom is 0.0387 e. The molecule has 0 saturated heterocycles. The maximum atomic E-state index is 3.53. The molecule has 0 aromatic heterocycles. The van der Waals surface area contributed by atoms with Crippen LogP contribution >= 0.6 is 0 Å². The molecule has 1 unspecified atom stereocenters. The predicted octanol–water partition coefficient (Wildman–Crippen LogP) is 6.59. The van der Waals surface area contributed by atoms with Crippen LogP contribution in [0.4, 0.5) is 11.4 Å². The number of fused-ring (bicyclic) bond motifs is 3. The van der Waals surface area contributed by atoms with Crippen molar-refractivity contribution in [2.45, 2.75) is 5.92 Å². The lowest BCUT2D eigenvalue weighted by Crippen LogP contribution is -1.99. The zero-order chi connectivity index (χ0) is 17.3. The first-order chi connectivity index (χ1) is 12.9. The summed E-state index contributed by atoms with van der Waals surface area (Å²) in [4.78, 5) is 0. The highest BCUT2D eigenvalue weighted by molar-refractivity contribution is 5.83. The highest BCUT2D eigenvalue weighted by Gasteiger charge is 2.29. The van der Waals surface area contributed by atoms with Crippen LogP contribution in [0.15, 0.2) is 103 Å². The monoisotopic (exact) mass is 333 g/mol. The van der Waals surface area contributed by atoms with Gasteiger partial charge in [0.25, 0.3) is 0 Å². The zero-order valence-electron chi connectivity index (χ0n) is 14.4. The minimum atomic E-state index is 0.292. The molecule has 1 heteroatoms. The van der Waals surface area contributed by atoms with Crippen molar-refractivity contribution in [3.8, 4) is 11.1 Å². The second-order valence-electron chi connectivity index (χ2n) is 6.72. The summed E-state index contributed by atoms with van der Waals surface area (Å²) in [5, 5.41) is 3.53. The third-order valence-electron chi connectivity index (χ3n) is 5.12. The van der Waals surface area contributed by atoms with Gasteiger partial charge in [0, 0.05) is 17.3 Å². The highest BCUT2D eigenvalue weighted by atomic mass is 14.9. The Balaban J connectivity index is 1.63. The van der Waals surface area contributed by atoms with Gasteiger partial charge < -0.3 is 5.32 Å². The van der Waals surface area contributed by atoms with Gasteiger partial charge in [0.05, 0.1) is 0 Å². The van der Waals surface area contributed by atoms with Gasteiger partial charge in [-0.15, -0.1) is 0 Å². The van der Waals surface area contributed by atoms with E-state index in [4.69, 9.17) is 0 Å². The van der Waals surface area contributed by atoms with Gasteiger partial charge in [0.1, 0.15) is 0 Å². The number of rotatable bonds is 3. The van der Waals surface area contributed by atoms with Crippen LogP contribution in [0.5, 0.6) is 0 Å². The highest BCUT2D eigenvalue weighted by Crippen LogP contribution is 2.48. The summed E-state index contributed by atoms with van der Waals surface area (Å²) >= 11 is 0. The van der Waals surface area contributed by atoms with E-state index in [1.807, 2.05) is 6.07 Å². The third-order valence-corrected chi connectivity index (χ3v) is 5.12. The van der Waals surface area contributed by atoms with Gasteiger partial charge in [-0.05, 0) is 52.1 Å². The van der Waals surface area contributed by atoms with Crippen molar-refractivity contribution < 1.29 is 0 Å². The average molecular weight is 333 g/mol. The molecule has 0 bridgehead atoms. The zero-order valence-corrected chi connectivity index (χ0v) is 14.4. The Morgan fingerprint density at radius 2 is 1.15 bits per heavy atom. The fourth-order valence-electron chi connectivity index (χ4n) is 3.98. The lowest BCUT2D eigenvalue weighted by atomic mass is 9.89. The molecule has 26 heavy (non-hydrogen) atoms. The summed E-state index contributed by atoms with van der Waals surface area (Å²) in [7, 11) is 0. The summed E-state index contributed by atoms with van der Waals surface area (Å²) in [6.45, 7) is 0. The molecule has 1 aliphatic rings. The molecule has 1 aliphatic carbocycles. The van der Waals surface area contributed by atoms with Crippen LogP contribution in [0, 0.1) is 0 Å². The second-order valence-corrected chi connectivity index (χ2v) is 6.72. The standard InChI is InChI=1S/C25H19N/c1-3-9-18(10-4-1)25-23-14-8-7-13-21(23)22-16-15-20(17-24(22)25)26-19-11-5-2-6-12-19/h1-17,25-26H. The maximum absolute atomic E-state index is 3.53. The Labute approximate surface area is 154 Å². The van der Waals surface area contributed by atoms with Gasteiger partial charge in [-0.2, -0.15) is 0 Å². The molecule has 0 spiro atoms. The van der Waals surface area contributed by atoms with E-state index in [0.717, 1.165) is 11.4 Å². The van der Waals surface area contributed by atoms with Crippen LogP contribution in [0.1, 0.15) is 22.6 Å². The number of hydrogen-bond acceptors (Lipinski definition) is 1. The van der Waals surface area contributed by atoms with E-state index in [1.54, 1.807) is 0 Å². The average Bonchev–Trinajstić information content (AvgIpc) is 3.03. The van der Waals surface area contributed by atoms with Crippen LogP contribution in [0.25, 0.3) is 11.1 Å². The molecule has 1 atom stereocenters. The minimum absolute atomic E-state index is 0.292. The third kappa shape index (κ3) is 2.49.